The molecular formula is C38H53N6O7S2+. The van der Waals surface area contributed by atoms with Crippen molar-refractivity contribution in [1.29, 1.82) is 10.5 Å². The Hall–Kier alpha value is -3.77. The molecule has 2 aromatic carbocycles. The number of anilines is 1. The van der Waals surface area contributed by atoms with Crippen molar-refractivity contribution in [2.24, 2.45) is 10.2 Å². The number of ether oxygens (including phenoxy) is 4. The Kier molecular flexibility index (Phi) is 19.0. The fraction of sp³-hybridized carbons (Fsp3) is 0.526. The summed E-state index contributed by atoms with van der Waals surface area (Å²) in [4.78, 5) is 2.72. The number of likely N-dealkylation sites (N-methyl/N-ethyl adjacent to an activating group) is 1. The number of rotatable bonds is 26. The molecule has 0 atom stereocenters. The molecule has 0 fully saturated rings. The average Bonchev–Trinajstić information content (AvgIpc) is 3.46. The second kappa shape index (κ2) is 23.1. The van der Waals surface area contributed by atoms with Gasteiger partial charge in [0.05, 0.1) is 89.5 Å². The van der Waals surface area contributed by atoms with Crippen LogP contribution in [0.4, 0.5) is 16.4 Å². The molecule has 0 saturated heterocycles. The molecule has 0 bridgehead atoms. The van der Waals surface area contributed by atoms with Gasteiger partial charge in [-0.25, -0.2) is 0 Å². The molecule has 0 amide bonds. The summed E-state index contributed by atoms with van der Waals surface area (Å²) >= 11 is 1.17. The molecule has 15 heteroatoms. The Morgan fingerprint density at radius 3 is 2.02 bits per heavy atom. The lowest BCUT2D eigenvalue weighted by Gasteiger charge is -2.36. The van der Waals surface area contributed by atoms with Gasteiger partial charge in [-0.15, -0.1) is 21.6 Å². The minimum absolute atomic E-state index is 0.216. The van der Waals surface area contributed by atoms with Gasteiger partial charge in [-0.2, -0.15) is 18.9 Å². The van der Waals surface area contributed by atoms with E-state index in [1.54, 1.807) is 6.92 Å². The van der Waals surface area contributed by atoms with Gasteiger partial charge in [0.1, 0.15) is 23.6 Å². The number of quaternary nitrogens is 1. The number of nitrogens with zero attached hydrogens (tertiary/aromatic N) is 6. The van der Waals surface area contributed by atoms with Crippen molar-refractivity contribution in [3.8, 4) is 12.1 Å². The molecule has 3 rings (SSSR count). The maximum Gasteiger partial charge on any atom is 0.265 e. The molecule has 0 aliphatic rings. The molecular weight excluding hydrogens is 717 g/mol. The van der Waals surface area contributed by atoms with E-state index in [2.05, 4.69) is 59.3 Å². The zero-order valence-electron chi connectivity index (χ0n) is 31.3. The molecule has 1 aromatic heterocycles. The van der Waals surface area contributed by atoms with Crippen LogP contribution in [0.1, 0.15) is 47.4 Å². The number of hydrogen-bond donors (Lipinski definition) is 1. The number of aryl methyl sites for hydroxylation is 1. The maximum absolute atomic E-state index is 11.1. The Morgan fingerprint density at radius 1 is 0.830 bits per heavy atom. The summed E-state index contributed by atoms with van der Waals surface area (Å²) < 4.78 is 54.9. The molecule has 13 nitrogen and oxygen atoms in total. The molecule has 1 N–H and O–H groups in total. The molecule has 0 saturated carbocycles. The van der Waals surface area contributed by atoms with Crippen LogP contribution < -0.4 is 4.90 Å². The third-order valence-electron chi connectivity index (χ3n) is 9.06. The Bertz CT molecular complexity index is 1770. The van der Waals surface area contributed by atoms with E-state index in [9.17, 15) is 18.9 Å². The van der Waals surface area contributed by atoms with Crippen LogP contribution in [0.3, 0.4) is 0 Å². The van der Waals surface area contributed by atoms with Crippen molar-refractivity contribution >= 4 is 37.8 Å². The van der Waals surface area contributed by atoms with Crippen molar-refractivity contribution in [2.45, 2.75) is 40.7 Å². The van der Waals surface area contributed by atoms with Crippen molar-refractivity contribution in [3.05, 3.63) is 75.7 Å². The molecule has 0 aliphatic heterocycles. The second-order valence-corrected chi connectivity index (χ2v) is 15.1. The van der Waals surface area contributed by atoms with E-state index in [4.69, 9.17) is 23.5 Å². The summed E-state index contributed by atoms with van der Waals surface area (Å²) in [5, 5.41) is 28.0. The van der Waals surface area contributed by atoms with Crippen molar-refractivity contribution in [1.82, 2.24) is 0 Å². The van der Waals surface area contributed by atoms with Crippen LogP contribution in [0.25, 0.3) is 0 Å². The number of hydrogen-bond acceptors (Lipinski definition) is 12. The van der Waals surface area contributed by atoms with E-state index in [1.807, 2.05) is 37.3 Å². The van der Waals surface area contributed by atoms with Gasteiger partial charge in [0.15, 0.2) is 5.00 Å². The van der Waals surface area contributed by atoms with Crippen molar-refractivity contribution in [2.75, 3.05) is 96.2 Å². The summed E-state index contributed by atoms with van der Waals surface area (Å²) in [6, 6.07) is 20.5. The lowest BCUT2D eigenvalue weighted by Crippen LogP contribution is -2.50. The van der Waals surface area contributed by atoms with Gasteiger partial charge in [-0.05, 0) is 62.6 Å². The lowest BCUT2D eigenvalue weighted by molar-refractivity contribution is -0.925. The zero-order valence-corrected chi connectivity index (χ0v) is 33.0. The average molecular weight is 770 g/mol. The Labute approximate surface area is 318 Å². The Morgan fingerprint density at radius 2 is 1.45 bits per heavy atom. The molecule has 3 aromatic rings. The van der Waals surface area contributed by atoms with E-state index in [0.717, 1.165) is 35.4 Å². The normalized spacial score (nSPS) is 11.9. The van der Waals surface area contributed by atoms with E-state index >= 15 is 0 Å². The van der Waals surface area contributed by atoms with E-state index in [1.165, 1.54) is 16.9 Å². The van der Waals surface area contributed by atoms with Crippen LogP contribution in [0.5, 0.6) is 0 Å². The molecule has 53 heavy (non-hydrogen) atoms. The van der Waals surface area contributed by atoms with Crippen LogP contribution in [0.15, 0.2) is 58.8 Å². The highest BCUT2D eigenvalue weighted by Gasteiger charge is 2.23. The maximum atomic E-state index is 11.1. The molecule has 1 heterocycles. The summed E-state index contributed by atoms with van der Waals surface area (Å²) in [5.41, 5.74) is 4.83. The number of nitriles is 2. The predicted octanol–water partition coefficient (Wildman–Crippen LogP) is 6.73. The van der Waals surface area contributed by atoms with Crippen molar-refractivity contribution in [3.63, 3.8) is 0 Å². The first kappa shape index (κ1) is 43.6. The molecule has 0 radical (unpaired) electrons. The standard InChI is InChI=1S/C38H52N6O7S2/c1-5-44(6-2,16-10-26-53(45,46)47)17-19-49-21-23-51-25-24-50-22-20-48-18-15-43(30-33-11-8-7-9-12-33)34-13-14-36(31(3)27-34)41-42-38-35(28-39)32(4)37(29-40)52-38/h7-9,11-14,27H,5-6,10,15-26,30H2,1-4H3/p+1. The topological polar surface area (TPSA) is 167 Å². The minimum atomic E-state index is -3.94. The fourth-order valence-corrected chi connectivity index (χ4v) is 7.07. The first-order chi connectivity index (χ1) is 25.5. The second-order valence-electron chi connectivity index (χ2n) is 12.5. The highest BCUT2D eigenvalue weighted by Crippen LogP contribution is 2.36. The van der Waals surface area contributed by atoms with E-state index in [0.29, 0.717) is 106 Å². The largest absolute Gasteiger partial charge is 0.377 e. The van der Waals surface area contributed by atoms with Gasteiger partial charge in [-0.3, -0.25) is 4.55 Å². The monoisotopic (exact) mass is 769 g/mol. The van der Waals surface area contributed by atoms with Crippen LogP contribution in [-0.4, -0.2) is 109 Å². The van der Waals surface area contributed by atoms with Crippen LogP contribution in [0, 0.1) is 36.5 Å². The lowest BCUT2D eigenvalue weighted by atomic mass is 10.1. The summed E-state index contributed by atoms with van der Waals surface area (Å²) in [5.74, 6) is -0.216. The summed E-state index contributed by atoms with van der Waals surface area (Å²) in [6.45, 7) is 16.3. The van der Waals surface area contributed by atoms with E-state index < -0.39 is 10.1 Å². The van der Waals surface area contributed by atoms with Crippen molar-refractivity contribution < 1.29 is 36.4 Å². The van der Waals surface area contributed by atoms with Gasteiger partial charge in [0.25, 0.3) is 10.1 Å². The summed E-state index contributed by atoms with van der Waals surface area (Å²) in [6.07, 6.45) is 0.419. The predicted molar refractivity (Wildman–Crippen MR) is 207 cm³/mol. The van der Waals surface area contributed by atoms with Gasteiger partial charge in [-0.1, -0.05) is 30.3 Å². The van der Waals surface area contributed by atoms with Crippen LogP contribution in [-0.2, 0) is 35.6 Å². The molecule has 0 spiro atoms. The third-order valence-corrected chi connectivity index (χ3v) is 10.9. The molecule has 0 aliphatic carbocycles. The third kappa shape index (κ3) is 15.2. The highest BCUT2D eigenvalue weighted by atomic mass is 32.2. The van der Waals surface area contributed by atoms with Gasteiger partial charge in [0.2, 0.25) is 0 Å². The SMILES string of the molecule is CC[N+](CC)(CCCS(=O)(=O)O)CCOCCOCCOCCOCCN(Cc1ccccc1)c1ccc(N=Nc2sc(C#N)c(C)c2C#N)c(C)c1. The fourth-order valence-electron chi connectivity index (χ4n) is 5.70. The Balaban J connectivity index is 1.37. The first-order valence-corrected chi connectivity index (χ1v) is 20.3. The highest BCUT2D eigenvalue weighted by molar-refractivity contribution is 7.85. The quantitative estimate of drug-likeness (QED) is 0.0400. The van der Waals surface area contributed by atoms with Gasteiger partial charge in [0, 0.05) is 25.2 Å². The zero-order chi connectivity index (χ0) is 38.5. The number of azo groups is 1. The van der Waals surface area contributed by atoms with Crippen LogP contribution in [0.2, 0.25) is 0 Å². The molecule has 288 valence electrons. The summed E-state index contributed by atoms with van der Waals surface area (Å²) in [7, 11) is -3.94. The van der Waals surface area contributed by atoms with Crippen LogP contribution >= 0.6 is 11.3 Å². The molecule has 0 unspecified atom stereocenters. The number of thiophene rings is 1. The van der Waals surface area contributed by atoms with Gasteiger partial charge >= 0.3 is 0 Å². The minimum Gasteiger partial charge on any atom is -0.377 e. The first-order valence-electron chi connectivity index (χ1n) is 17.9. The van der Waals surface area contributed by atoms with Gasteiger partial charge < -0.3 is 28.3 Å². The number of benzene rings is 2. The van der Waals surface area contributed by atoms with E-state index in [-0.39, 0.29) is 5.75 Å². The smallest absolute Gasteiger partial charge is 0.265 e.